The van der Waals surface area contributed by atoms with Crippen LogP contribution in [0, 0.1) is 5.92 Å². The van der Waals surface area contributed by atoms with Crippen molar-refractivity contribution in [3.63, 3.8) is 0 Å². The Kier molecular flexibility index (Phi) is 4.97. The number of hydrogen-bond acceptors (Lipinski definition) is 4. The summed E-state index contributed by atoms with van der Waals surface area (Å²) in [6.45, 7) is 3.47. The van der Waals surface area contributed by atoms with Gasteiger partial charge in [0.25, 0.3) is 0 Å². The minimum Gasteiger partial charge on any atom is -0.369 e. The Bertz CT molecular complexity index is 633. The van der Waals surface area contributed by atoms with Crippen molar-refractivity contribution in [3.8, 4) is 0 Å². The van der Waals surface area contributed by atoms with Gasteiger partial charge in [0.05, 0.1) is 13.1 Å². The average Bonchev–Trinajstić information content (AvgIpc) is 3.01. The molecular weight excluding hydrogens is 292 g/mol. The van der Waals surface area contributed by atoms with E-state index in [1.165, 1.54) is 10.5 Å². The second kappa shape index (κ2) is 7.32. The minimum absolute atomic E-state index is 0.0350. The van der Waals surface area contributed by atoms with Crippen molar-refractivity contribution >= 4 is 5.91 Å². The molecule has 0 saturated carbocycles. The van der Waals surface area contributed by atoms with Crippen molar-refractivity contribution in [2.24, 2.45) is 11.7 Å². The molecule has 3 N–H and O–H groups in total. The maximum atomic E-state index is 11.2. The van der Waals surface area contributed by atoms with Gasteiger partial charge in [0.15, 0.2) is 0 Å². The lowest BCUT2D eigenvalue weighted by atomic mass is 9.96. The third kappa shape index (κ3) is 4.13. The molecule has 3 rings (SSSR count). The van der Waals surface area contributed by atoms with Crippen molar-refractivity contribution in [2.45, 2.75) is 32.4 Å². The summed E-state index contributed by atoms with van der Waals surface area (Å²) in [5, 5.41) is 12.1. The van der Waals surface area contributed by atoms with Gasteiger partial charge in [0, 0.05) is 25.3 Å². The molecule has 2 aromatic rings. The fraction of sp³-hybridized carbons (Fsp3) is 0.500. The summed E-state index contributed by atoms with van der Waals surface area (Å²) in [5.74, 6) is 0.776. The van der Waals surface area contributed by atoms with E-state index in [0.29, 0.717) is 0 Å². The predicted octanol–water partition coefficient (Wildman–Crippen LogP) is -0.804. The van der Waals surface area contributed by atoms with E-state index >= 15 is 0 Å². The zero-order valence-corrected chi connectivity index (χ0v) is 13.2. The molecule has 1 aliphatic heterocycles. The largest absolute Gasteiger partial charge is 0.369 e. The Labute approximate surface area is 135 Å². The van der Waals surface area contributed by atoms with E-state index in [9.17, 15) is 4.79 Å². The van der Waals surface area contributed by atoms with Crippen LogP contribution in [-0.4, -0.2) is 39.2 Å². The molecule has 0 radical (unpaired) electrons. The molecule has 7 heteroatoms. The molecule has 1 aromatic heterocycles. The van der Waals surface area contributed by atoms with Crippen LogP contribution < -0.4 is 10.6 Å². The first-order valence-electron chi connectivity index (χ1n) is 8.14. The second-order valence-corrected chi connectivity index (χ2v) is 6.16. The van der Waals surface area contributed by atoms with E-state index in [1.54, 1.807) is 0 Å². The molecule has 0 unspecified atom stereocenters. The Morgan fingerprint density at radius 3 is 2.70 bits per heavy atom. The first kappa shape index (κ1) is 15.6. The van der Waals surface area contributed by atoms with Gasteiger partial charge in [-0.2, -0.15) is 0 Å². The van der Waals surface area contributed by atoms with Crippen molar-refractivity contribution in [2.75, 3.05) is 13.1 Å². The number of nitrogens with one attached hydrogen (secondary N) is 1. The van der Waals surface area contributed by atoms with Crippen LogP contribution in [0.3, 0.4) is 0 Å². The van der Waals surface area contributed by atoms with Crippen molar-refractivity contribution < 1.29 is 9.69 Å². The minimum atomic E-state index is -0.170. The highest BCUT2D eigenvalue weighted by Gasteiger charge is 2.26. The van der Waals surface area contributed by atoms with E-state index in [2.05, 4.69) is 27.7 Å². The smallest absolute Gasteiger partial charge is 0.220 e. The number of benzene rings is 1. The summed E-state index contributed by atoms with van der Waals surface area (Å²) < 4.78 is 1.89. The number of carbonyl (C=O) groups excluding carboxylic acids is 1. The van der Waals surface area contributed by atoms with Crippen LogP contribution in [0.25, 0.3) is 0 Å². The second-order valence-electron chi connectivity index (χ2n) is 6.16. The van der Waals surface area contributed by atoms with Crippen LogP contribution in [-0.2, 0) is 24.3 Å². The van der Waals surface area contributed by atoms with Crippen LogP contribution in [0.1, 0.15) is 24.2 Å². The standard InChI is InChI=1S/C16H22N6O/c17-16(23)14-7-9-21(10-8-14)12-15-18-19-20-22(15)11-6-13-4-2-1-3-5-13/h1-5,14H,6-12H2,(H2,17,23)/p+1. The number of amides is 1. The molecule has 23 heavy (non-hydrogen) atoms. The van der Waals surface area contributed by atoms with Crippen LogP contribution in [0.15, 0.2) is 30.3 Å². The van der Waals surface area contributed by atoms with Gasteiger partial charge < -0.3 is 10.6 Å². The predicted molar refractivity (Wildman–Crippen MR) is 84.3 cm³/mol. The number of quaternary nitrogens is 1. The number of likely N-dealkylation sites (tertiary alicyclic amines) is 1. The maximum absolute atomic E-state index is 11.2. The molecule has 0 atom stereocenters. The highest BCUT2D eigenvalue weighted by Crippen LogP contribution is 2.08. The maximum Gasteiger partial charge on any atom is 0.220 e. The Morgan fingerprint density at radius 1 is 1.26 bits per heavy atom. The number of aryl methyl sites for hydroxylation is 2. The summed E-state index contributed by atoms with van der Waals surface area (Å²) in [5.41, 5.74) is 6.66. The van der Waals surface area contributed by atoms with Gasteiger partial charge in [0.1, 0.15) is 6.54 Å². The van der Waals surface area contributed by atoms with Crippen molar-refractivity contribution in [1.29, 1.82) is 0 Å². The Morgan fingerprint density at radius 2 is 2.00 bits per heavy atom. The van der Waals surface area contributed by atoms with E-state index < -0.39 is 0 Å². The molecule has 7 nitrogen and oxygen atoms in total. The highest BCUT2D eigenvalue weighted by atomic mass is 16.1. The number of aromatic nitrogens is 4. The lowest BCUT2D eigenvalue weighted by Gasteiger charge is -2.27. The van der Waals surface area contributed by atoms with E-state index in [-0.39, 0.29) is 11.8 Å². The molecule has 1 saturated heterocycles. The fourth-order valence-electron chi connectivity index (χ4n) is 3.11. The number of tetrazole rings is 1. The van der Waals surface area contributed by atoms with Crippen molar-refractivity contribution in [1.82, 2.24) is 20.2 Å². The molecule has 122 valence electrons. The zero-order valence-electron chi connectivity index (χ0n) is 13.2. The summed E-state index contributed by atoms with van der Waals surface area (Å²) in [6, 6.07) is 10.3. The summed E-state index contributed by atoms with van der Waals surface area (Å²) in [7, 11) is 0. The molecule has 0 aliphatic carbocycles. The van der Waals surface area contributed by atoms with Gasteiger partial charge in [-0.1, -0.05) is 30.3 Å². The van der Waals surface area contributed by atoms with Gasteiger partial charge in [-0.3, -0.25) is 4.79 Å². The van der Waals surface area contributed by atoms with Gasteiger partial charge in [-0.05, 0) is 22.4 Å². The summed E-state index contributed by atoms with van der Waals surface area (Å²) in [6.07, 6.45) is 2.63. The zero-order chi connectivity index (χ0) is 16.1. The number of primary amides is 1. The molecule has 0 spiro atoms. The van der Waals surface area contributed by atoms with Crippen LogP contribution in [0.5, 0.6) is 0 Å². The molecule has 2 heterocycles. The molecule has 1 aliphatic rings. The highest BCUT2D eigenvalue weighted by molar-refractivity contribution is 5.76. The van der Waals surface area contributed by atoms with Gasteiger partial charge >= 0.3 is 0 Å². The number of nitrogens with zero attached hydrogens (tertiary/aromatic N) is 4. The normalized spacial score (nSPS) is 21.2. The number of nitrogens with two attached hydrogens (primary N) is 1. The quantitative estimate of drug-likeness (QED) is 0.730. The first-order valence-corrected chi connectivity index (χ1v) is 8.14. The monoisotopic (exact) mass is 315 g/mol. The lowest BCUT2D eigenvalue weighted by molar-refractivity contribution is -0.920. The third-order valence-corrected chi connectivity index (χ3v) is 4.56. The van der Waals surface area contributed by atoms with E-state index in [4.69, 9.17) is 5.73 Å². The first-order chi connectivity index (χ1) is 11.2. The topological polar surface area (TPSA) is 91.1 Å². The van der Waals surface area contributed by atoms with Crippen LogP contribution in [0.2, 0.25) is 0 Å². The summed E-state index contributed by atoms with van der Waals surface area (Å²) in [4.78, 5) is 12.6. The Balaban J connectivity index is 1.54. The number of piperidine rings is 1. The van der Waals surface area contributed by atoms with E-state index in [0.717, 1.165) is 51.3 Å². The average molecular weight is 315 g/mol. The molecule has 1 fully saturated rings. The molecular formula is C16H23N6O+. The van der Waals surface area contributed by atoms with Crippen LogP contribution in [0.4, 0.5) is 0 Å². The van der Waals surface area contributed by atoms with E-state index in [1.807, 2.05) is 22.9 Å². The SMILES string of the molecule is NC(=O)C1CC[NH+](Cc2nnnn2CCc2ccccc2)CC1. The van der Waals surface area contributed by atoms with Gasteiger partial charge in [-0.15, -0.1) is 5.10 Å². The lowest BCUT2D eigenvalue weighted by Crippen LogP contribution is -3.12. The van der Waals surface area contributed by atoms with Gasteiger partial charge in [-0.25, -0.2) is 4.68 Å². The van der Waals surface area contributed by atoms with Crippen LogP contribution >= 0.6 is 0 Å². The fourth-order valence-corrected chi connectivity index (χ4v) is 3.11. The number of rotatable bonds is 6. The van der Waals surface area contributed by atoms with Crippen molar-refractivity contribution in [3.05, 3.63) is 41.7 Å². The number of carbonyl (C=O) groups is 1. The summed E-state index contributed by atoms with van der Waals surface area (Å²) >= 11 is 0. The number of hydrogen-bond donors (Lipinski definition) is 2. The Hall–Kier alpha value is -2.28. The third-order valence-electron chi connectivity index (χ3n) is 4.56. The molecule has 1 aromatic carbocycles. The molecule has 1 amide bonds. The molecule has 0 bridgehead atoms. The van der Waals surface area contributed by atoms with Gasteiger partial charge in [0.2, 0.25) is 11.7 Å².